The standard InChI is InChI=1S/C9H9NO4/c1-5(11)7-3-6(14-2)4-8(10-7)9(12)13/h3-4H,1-2H3,(H,12,13). The Morgan fingerprint density at radius 1 is 1.36 bits per heavy atom. The molecule has 1 heterocycles. The van der Waals surface area contributed by atoms with Gasteiger partial charge in [0.1, 0.15) is 11.4 Å². The van der Waals surface area contributed by atoms with Gasteiger partial charge in [0, 0.05) is 19.1 Å². The number of nitrogens with zero attached hydrogens (tertiary/aromatic N) is 1. The number of ketones is 1. The number of carboxylic acid groups (broad SMARTS) is 1. The maximum atomic E-state index is 11.0. The first-order chi connectivity index (χ1) is 6.54. The number of methoxy groups -OCH3 is 1. The second-order valence-corrected chi connectivity index (χ2v) is 2.64. The Kier molecular flexibility index (Phi) is 2.81. The van der Waals surface area contributed by atoms with Crippen LogP contribution in [-0.4, -0.2) is 29.0 Å². The smallest absolute Gasteiger partial charge is 0.354 e. The molecule has 14 heavy (non-hydrogen) atoms. The highest BCUT2D eigenvalue weighted by Crippen LogP contribution is 2.14. The van der Waals surface area contributed by atoms with E-state index in [-0.39, 0.29) is 17.2 Å². The summed E-state index contributed by atoms with van der Waals surface area (Å²) in [6.45, 7) is 1.31. The molecule has 0 aliphatic carbocycles. The van der Waals surface area contributed by atoms with Gasteiger partial charge >= 0.3 is 5.97 Å². The normalized spacial score (nSPS) is 9.57. The molecule has 1 rings (SSSR count). The topological polar surface area (TPSA) is 76.5 Å². The molecule has 1 aromatic rings. The first-order valence-corrected chi connectivity index (χ1v) is 3.85. The number of aromatic carboxylic acids is 1. The summed E-state index contributed by atoms with van der Waals surface area (Å²) in [6, 6.07) is 2.66. The Bertz CT molecular complexity index is 354. The van der Waals surface area contributed by atoms with E-state index in [1.54, 1.807) is 0 Å². The molecule has 0 spiro atoms. The molecule has 0 fully saturated rings. The second-order valence-electron chi connectivity index (χ2n) is 2.64. The summed E-state index contributed by atoms with van der Waals surface area (Å²) in [7, 11) is 1.39. The molecule has 5 nitrogen and oxygen atoms in total. The van der Waals surface area contributed by atoms with Gasteiger partial charge in [-0.15, -0.1) is 0 Å². The van der Waals surface area contributed by atoms with Gasteiger partial charge in [-0.05, 0) is 0 Å². The van der Waals surface area contributed by atoms with Crippen LogP contribution in [0.2, 0.25) is 0 Å². The monoisotopic (exact) mass is 195 g/mol. The van der Waals surface area contributed by atoms with Crippen LogP contribution in [0.5, 0.6) is 5.75 Å². The lowest BCUT2D eigenvalue weighted by atomic mass is 10.2. The van der Waals surface area contributed by atoms with Gasteiger partial charge in [0.25, 0.3) is 0 Å². The number of carboxylic acids is 1. The SMILES string of the molecule is COc1cc(C(C)=O)nc(C(=O)O)c1. The molecular weight excluding hydrogens is 186 g/mol. The highest BCUT2D eigenvalue weighted by molar-refractivity contribution is 5.94. The first kappa shape index (κ1) is 10.2. The molecule has 0 saturated heterocycles. The lowest BCUT2D eigenvalue weighted by molar-refractivity contribution is 0.0690. The fourth-order valence-corrected chi connectivity index (χ4v) is 0.913. The van der Waals surface area contributed by atoms with Crippen LogP contribution >= 0.6 is 0 Å². The lowest BCUT2D eigenvalue weighted by Crippen LogP contribution is -2.06. The molecule has 0 aliphatic heterocycles. The quantitative estimate of drug-likeness (QED) is 0.728. The number of Topliss-reactive ketones (excluding diaryl/α,β-unsaturated/α-hetero) is 1. The summed E-state index contributed by atoms with van der Waals surface area (Å²) in [4.78, 5) is 25.2. The van der Waals surface area contributed by atoms with Gasteiger partial charge in [0.15, 0.2) is 11.5 Å². The van der Waals surface area contributed by atoms with Gasteiger partial charge in [0.2, 0.25) is 0 Å². The number of pyridine rings is 1. The maximum Gasteiger partial charge on any atom is 0.354 e. The van der Waals surface area contributed by atoms with Crippen LogP contribution in [0.4, 0.5) is 0 Å². The third kappa shape index (κ3) is 2.07. The Hall–Kier alpha value is -1.91. The van der Waals surface area contributed by atoms with E-state index in [2.05, 4.69) is 4.98 Å². The van der Waals surface area contributed by atoms with Gasteiger partial charge in [-0.1, -0.05) is 0 Å². The number of rotatable bonds is 3. The van der Waals surface area contributed by atoms with Crippen molar-refractivity contribution in [3.63, 3.8) is 0 Å². The summed E-state index contributed by atoms with van der Waals surface area (Å²) in [5.74, 6) is -1.18. The Morgan fingerprint density at radius 3 is 2.36 bits per heavy atom. The van der Waals surface area contributed by atoms with E-state index in [0.29, 0.717) is 5.75 Å². The van der Waals surface area contributed by atoms with Crippen LogP contribution in [0.1, 0.15) is 27.9 Å². The van der Waals surface area contributed by atoms with Gasteiger partial charge in [-0.2, -0.15) is 0 Å². The van der Waals surface area contributed by atoms with Crippen molar-refractivity contribution in [1.29, 1.82) is 0 Å². The zero-order chi connectivity index (χ0) is 10.7. The molecule has 1 N–H and O–H groups in total. The molecule has 0 aromatic carbocycles. The minimum Gasteiger partial charge on any atom is -0.497 e. The zero-order valence-electron chi connectivity index (χ0n) is 7.77. The average molecular weight is 195 g/mol. The third-order valence-corrected chi connectivity index (χ3v) is 1.61. The summed E-state index contributed by atoms with van der Waals surface area (Å²) in [6.07, 6.45) is 0. The minimum atomic E-state index is -1.19. The highest BCUT2D eigenvalue weighted by Gasteiger charge is 2.11. The van der Waals surface area contributed by atoms with Crippen molar-refractivity contribution in [3.8, 4) is 5.75 Å². The van der Waals surface area contributed by atoms with E-state index in [1.165, 1.54) is 26.2 Å². The van der Waals surface area contributed by atoms with E-state index in [0.717, 1.165) is 0 Å². The van der Waals surface area contributed by atoms with Gasteiger partial charge in [0.05, 0.1) is 7.11 Å². The molecule has 0 radical (unpaired) electrons. The zero-order valence-corrected chi connectivity index (χ0v) is 7.77. The van der Waals surface area contributed by atoms with Crippen LogP contribution in [0.3, 0.4) is 0 Å². The lowest BCUT2D eigenvalue weighted by Gasteiger charge is -2.03. The van der Waals surface area contributed by atoms with E-state index < -0.39 is 5.97 Å². The van der Waals surface area contributed by atoms with Crippen LogP contribution in [-0.2, 0) is 0 Å². The fourth-order valence-electron chi connectivity index (χ4n) is 0.913. The number of carbonyl (C=O) groups excluding carboxylic acids is 1. The Balaban J connectivity index is 3.27. The molecule has 0 amide bonds. The molecule has 74 valence electrons. The summed E-state index contributed by atoms with van der Waals surface area (Å²) < 4.78 is 4.84. The molecule has 0 bridgehead atoms. The van der Waals surface area contributed by atoms with Gasteiger partial charge < -0.3 is 9.84 Å². The van der Waals surface area contributed by atoms with Crippen molar-refractivity contribution in [3.05, 3.63) is 23.5 Å². The van der Waals surface area contributed by atoms with E-state index >= 15 is 0 Å². The number of ether oxygens (including phenoxy) is 1. The van der Waals surface area contributed by atoms with Gasteiger partial charge in [-0.3, -0.25) is 4.79 Å². The maximum absolute atomic E-state index is 11.0. The van der Waals surface area contributed by atoms with Crippen LogP contribution in [0.15, 0.2) is 12.1 Å². The molecule has 1 aromatic heterocycles. The van der Waals surface area contributed by atoms with E-state index in [1.807, 2.05) is 0 Å². The summed E-state index contributed by atoms with van der Waals surface area (Å²) in [5.41, 5.74) is -0.115. The first-order valence-electron chi connectivity index (χ1n) is 3.85. The molecular formula is C9H9NO4. The Morgan fingerprint density at radius 2 is 1.93 bits per heavy atom. The Labute approximate surface area is 80.3 Å². The second kappa shape index (κ2) is 3.87. The minimum absolute atomic E-state index is 0.0850. The van der Waals surface area contributed by atoms with Gasteiger partial charge in [-0.25, -0.2) is 9.78 Å². The average Bonchev–Trinajstić information content (AvgIpc) is 2.16. The van der Waals surface area contributed by atoms with Crippen molar-refractivity contribution >= 4 is 11.8 Å². The fraction of sp³-hybridized carbons (Fsp3) is 0.222. The molecule has 0 saturated carbocycles. The molecule has 0 aliphatic rings. The molecule has 0 atom stereocenters. The largest absolute Gasteiger partial charge is 0.497 e. The third-order valence-electron chi connectivity index (χ3n) is 1.61. The molecule has 5 heteroatoms. The van der Waals surface area contributed by atoms with E-state index in [4.69, 9.17) is 9.84 Å². The van der Waals surface area contributed by atoms with Crippen LogP contribution in [0, 0.1) is 0 Å². The number of hydrogen-bond acceptors (Lipinski definition) is 4. The predicted octanol–water partition coefficient (Wildman–Crippen LogP) is 0.991. The summed E-state index contributed by atoms with van der Waals surface area (Å²) in [5, 5.41) is 8.68. The van der Waals surface area contributed by atoms with Crippen molar-refractivity contribution in [1.82, 2.24) is 4.98 Å². The number of carbonyl (C=O) groups is 2. The summed E-state index contributed by atoms with van der Waals surface area (Å²) >= 11 is 0. The van der Waals surface area contributed by atoms with Crippen molar-refractivity contribution in [2.75, 3.05) is 7.11 Å². The van der Waals surface area contributed by atoms with E-state index in [9.17, 15) is 9.59 Å². The number of aromatic nitrogens is 1. The van der Waals surface area contributed by atoms with Crippen molar-refractivity contribution in [2.24, 2.45) is 0 Å². The molecule has 0 unspecified atom stereocenters. The van der Waals surface area contributed by atoms with Crippen LogP contribution < -0.4 is 4.74 Å². The van der Waals surface area contributed by atoms with Crippen LogP contribution in [0.25, 0.3) is 0 Å². The number of hydrogen-bond donors (Lipinski definition) is 1. The van der Waals surface area contributed by atoms with Crippen molar-refractivity contribution < 1.29 is 19.4 Å². The highest BCUT2D eigenvalue weighted by atomic mass is 16.5. The van der Waals surface area contributed by atoms with Crippen molar-refractivity contribution in [2.45, 2.75) is 6.92 Å². The predicted molar refractivity (Wildman–Crippen MR) is 47.8 cm³/mol.